The maximum atomic E-state index is 13.5. The molecule has 1 N–H and O–H groups in total. The summed E-state index contributed by atoms with van der Waals surface area (Å²) >= 11 is 1.21. The van der Waals surface area contributed by atoms with Gasteiger partial charge in [0.2, 0.25) is 0 Å². The Morgan fingerprint density at radius 3 is 2.52 bits per heavy atom. The Bertz CT molecular complexity index is 666. The molecule has 2 aromatic carbocycles. The second kappa shape index (κ2) is 7.04. The van der Waals surface area contributed by atoms with E-state index >= 15 is 0 Å². The van der Waals surface area contributed by atoms with Crippen LogP contribution in [0, 0.1) is 11.6 Å². The second-order valence-corrected chi connectivity index (χ2v) is 5.29. The number of thioether (sulfide) groups is 1. The van der Waals surface area contributed by atoms with Crippen molar-refractivity contribution in [2.45, 2.75) is 10.6 Å². The third-order valence-corrected chi connectivity index (χ3v) is 3.79. The van der Waals surface area contributed by atoms with Crippen LogP contribution in [0.4, 0.5) is 8.78 Å². The lowest BCUT2D eigenvalue weighted by molar-refractivity contribution is -0.131. The fourth-order valence-corrected chi connectivity index (χ4v) is 2.56. The fraction of sp³-hybridized carbons (Fsp3) is 0.0625. The highest BCUT2D eigenvalue weighted by atomic mass is 32.2. The number of benzene rings is 2. The minimum absolute atomic E-state index is 0.268. The average Bonchev–Trinajstić information content (AvgIpc) is 2.47. The SMILES string of the molecule is O=C(O)C=Cc1ccc(CSc2cc(F)ccc2F)cc1. The van der Waals surface area contributed by atoms with Crippen LogP contribution in [0.2, 0.25) is 0 Å². The van der Waals surface area contributed by atoms with Gasteiger partial charge in [-0.3, -0.25) is 0 Å². The minimum Gasteiger partial charge on any atom is -0.478 e. The van der Waals surface area contributed by atoms with Gasteiger partial charge in [-0.15, -0.1) is 11.8 Å². The summed E-state index contributed by atoms with van der Waals surface area (Å²) in [5, 5.41) is 8.53. The van der Waals surface area contributed by atoms with Gasteiger partial charge in [-0.2, -0.15) is 0 Å². The van der Waals surface area contributed by atoms with E-state index < -0.39 is 17.6 Å². The first-order valence-electron chi connectivity index (χ1n) is 6.12. The molecule has 2 aromatic rings. The summed E-state index contributed by atoms with van der Waals surface area (Å²) in [6.45, 7) is 0. The standard InChI is InChI=1S/C16H12F2O2S/c17-13-6-7-14(18)15(9-13)21-10-12-3-1-11(2-4-12)5-8-16(19)20/h1-9H,10H2,(H,19,20). The van der Waals surface area contributed by atoms with Gasteiger partial charge in [0, 0.05) is 16.7 Å². The van der Waals surface area contributed by atoms with Crippen LogP contribution in [0.15, 0.2) is 53.4 Å². The van der Waals surface area contributed by atoms with Crippen LogP contribution in [0.1, 0.15) is 11.1 Å². The van der Waals surface area contributed by atoms with Gasteiger partial charge < -0.3 is 5.11 Å². The van der Waals surface area contributed by atoms with Crippen molar-refractivity contribution < 1.29 is 18.7 Å². The predicted octanol–water partition coefficient (Wildman–Crippen LogP) is 4.35. The van der Waals surface area contributed by atoms with Crippen LogP contribution in [0.5, 0.6) is 0 Å². The van der Waals surface area contributed by atoms with Gasteiger partial charge in [-0.1, -0.05) is 24.3 Å². The summed E-state index contributed by atoms with van der Waals surface area (Å²) in [4.78, 5) is 10.7. The highest BCUT2D eigenvalue weighted by molar-refractivity contribution is 7.98. The maximum absolute atomic E-state index is 13.5. The van der Waals surface area contributed by atoms with E-state index in [0.29, 0.717) is 5.75 Å². The van der Waals surface area contributed by atoms with Gasteiger partial charge in [0.25, 0.3) is 0 Å². The first-order valence-corrected chi connectivity index (χ1v) is 7.11. The lowest BCUT2D eigenvalue weighted by Crippen LogP contribution is -1.87. The molecular weight excluding hydrogens is 294 g/mol. The molecule has 0 saturated heterocycles. The summed E-state index contributed by atoms with van der Waals surface area (Å²) < 4.78 is 26.5. The van der Waals surface area contributed by atoms with E-state index in [1.165, 1.54) is 23.9 Å². The zero-order chi connectivity index (χ0) is 15.2. The molecular formula is C16H12F2O2S. The first-order chi connectivity index (χ1) is 10.0. The number of hydrogen-bond acceptors (Lipinski definition) is 2. The van der Waals surface area contributed by atoms with Crippen molar-refractivity contribution in [1.29, 1.82) is 0 Å². The smallest absolute Gasteiger partial charge is 0.328 e. The van der Waals surface area contributed by atoms with Crippen LogP contribution in [0.25, 0.3) is 6.08 Å². The van der Waals surface area contributed by atoms with Gasteiger partial charge in [0.15, 0.2) is 0 Å². The van der Waals surface area contributed by atoms with E-state index in [0.717, 1.165) is 29.3 Å². The Morgan fingerprint density at radius 2 is 1.86 bits per heavy atom. The molecule has 0 bridgehead atoms. The lowest BCUT2D eigenvalue weighted by Gasteiger charge is -2.04. The summed E-state index contributed by atoms with van der Waals surface area (Å²) in [5.41, 5.74) is 1.71. The third kappa shape index (κ3) is 4.72. The predicted molar refractivity (Wildman–Crippen MR) is 79.0 cm³/mol. The average molecular weight is 306 g/mol. The number of hydrogen-bond donors (Lipinski definition) is 1. The van der Waals surface area contributed by atoms with Crippen LogP contribution in [0.3, 0.4) is 0 Å². The quantitative estimate of drug-likeness (QED) is 0.659. The Morgan fingerprint density at radius 1 is 1.14 bits per heavy atom. The van der Waals surface area contributed by atoms with E-state index in [1.807, 2.05) is 12.1 Å². The number of carboxylic acid groups (broad SMARTS) is 1. The molecule has 0 aliphatic heterocycles. The number of carboxylic acids is 1. The van der Waals surface area contributed by atoms with Gasteiger partial charge >= 0.3 is 5.97 Å². The summed E-state index contributed by atoms with van der Waals surface area (Å²) in [6.07, 6.45) is 2.55. The van der Waals surface area contributed by atoms with Crippen molar-refractivity contribution in [2.24, 2.45) is 0 Å². The Hall–Kier alpha value is -2.14. The molecule has 0 saturated carbocycles. The molecule has 0 fully saturated rings. The summed E-state index contributed by atoms with van der Waals surface area (Å²) in [6, 6.07) is 10.6. The molecule has 0 aliphatic rings. The Balaban J connectivity index is 2.00. The highest BCUT2D eigenvalue weighted by Crippen LogP contribution is 2.26. The minimum atomic E-state index is -1.00. The fourth-order valence-electron chi connectivity index (χ4n) is 1.64. The molecule has 0 spiro atoms. The molecule has 0 amide bonds. The molecule has 0 aromatic heterocycles. The normalized spacial score (nSPS) is 11.0. The van der Waals surface area contributed by atoms with Crippen LogP contribution >= 0.6 is 11.8 Å². The zero-order valence-corrected chi connectivity index (χ0v) is 11.7. The molecule has 0 unspecified atom stereocenters. The van der Waals surface area contributed by atoms with Crippen molar-refractivity contribution in [3.8, 4) is 0 Å². The molecule has 0 radical (unpaired) electrons. The number of rotatable bonds is 5. The Kier molecular flexibility index (Phi) is 5.11. The van der Waals surface area contributed by atoms with E-state index in [4.69, 9.17) is 5.11 Å². The highest BCUT2D eigenvalue weighted by Gasteiger charge is 2.05. The molecule has 5 heteroatoms. The van der Waals surface area contributed by atoms with Crippen molar-refractivity contribution >= 4 is 23.8 Å². The largest absolute Gasteiger partial charge is 0.478 e. The van der Waals surface area contributed by atoms with Gasteiger partial charge in [0.05, 0.1) is 0 Å². The van der Waals surface area contributed by atoms with E-state index in [-0.39, 0.29) is 4.90 Å². The number of halogens is 2. The summed E-state index contributed by atoms with van der Waals surface area (Å²) in [7, 11) is 0. The molecule has 108 valence electrons. The van der Waals surface area contributed by atoms with Crippen LogP contribution < -0.4 is 0 Å². The number of aliphatic carboxylic acids is 1. The van der Waals surface area contributed by atoms with Gasteiger partial charge in [-0.05, 0) is 35.4 Å². The molecule has 2 nitrogen and oxygen atoms in total. The van der Waals surface area contributed by atoms with Crippen molar-refractivity contribution in [3.63, 3.8) is 0 Å². The molecule has 21 heavy (non-hydrogen) atoms. The third-order valence-electron chi connectivity index (χ3n) is 2.69. The maximum Gasteiger partial charge on any atom is 0.328 e. The van der Waals surface area contributed by atoms with Gasteiger partial charge in [0.1, 0.15) is 11.6 Å². The molecule has 0 atom stereocenters. The lowest BCUT2D eigenvalue weighted by atomic mass is 10.1. The molecule has 0 aliphatic carbocycles. The zero-order valence-electron chi connectivity index (χ0n) is 10.9. The van der Waals surface area contributed by atoms with Crippen molar-refractivity contribution in [2.75, 3.05) is 0 Å². The molecule has 0 heterocycles. The second-order valence-electron chi connectivity index (χ2n) is 4.28. The van der Waals surface area contributed by atoms with Gasteiger partial charge in [-0.25, -0.2) is 13.6 Å². The number of carbonyl (C=O) groups is 1. The molecule has 2 rings (SSSR count). The van der Waals surface area contributed by atoms with E-state index in [9.17, 15) is 13.6 Å². The van der Waals surface area contributed by atoms with Crippen molar-refractivity contribution in [1.82, 2.24) is 0 Å². The monoisotopic (exact) mass is 306 g/mol. The Labute approximate surface area is 125 Å². The topological polar surface area (TPSA) is 37.3 Å². The van der Waals surface area contributed by atoms with Crippen LogP contribution in [-0.2, 0) is 10.5 Å². The summed E-state index contributed by atoms with van der Waals surface area (Å²) in [5.74, 6) is -1.41. The van der Waals surface area contributed by atoms with Crippen LogP contribution in [-0.4, -0.2) is 11.1 Å². The van der Waals surface area contributed by atoms with Crippen molar-refractivity contribution in [3.05, 3.63) is 71.3 Å². The van der Waals surface area contributed by atoms with E-state index in [2.05, 4.69) is 0 Å². The van der Waals surface area contributed by atoms with E-state index in [1.54, 1.807) is 12.1 Å². The first kappa shape index (κ1) is 15.3.